The molecule has 2 rings (SSSR count). The molecule has 1 aromatic heterocycles. The zero-order chi connectivity index (χ0) is 11.4. The highest BCUT2D eigenvalue weighted by molar-refractivity contribution is 7.99. The quantitative estimate of drug-likeness (QED) is 0.857. The van der Waals surface area contributed by atoms with Gasteiger partial charge in [0.2, 0.25) is 5.89 Å². The summed E-state index contributed by atoms with van der Waals surface area (Å²) >= 11 is 1.92. The van der Waals surface area contributed by atoms with Crippen LogP contribution in [0.5, 0.6) is 0 Å². The molecule has 4 nitrogen and oxygen atoms in total. The van der Waals surface area contributed by atoms with Gasteiger partial charge in [-0.05, 0) is 19.8 Å². The SMILES string of the molecule is CC(O)Cc1nc(CSC2CCCC2)no1. The van der Waals surface area contributed by atoms with Crippen LogP contribution in [0.2, 0.25) is 0 Å². The molecular formula is C11H18N2O2S. The minimum atomic E-state index is -0.421. The number of hydrogen-bond acceptors (Lipinski definition) is 5. The molecule has 1 aliphatic rings. The minimum Gasteiger partial charge on any atom is -0.393 e. The lowest BCUT2D eigenvalue weighted by Crippen LogP contribution is -2.04. The first-order chi connectivity index (χ1) is 7.74. The summed E-state index contributed by atoms with van der Waals surface area (Å²) in [5, 5.41) is 13.9. The van der Waals surface area contributed by atoms with Gasteiger partial charge in [-0.25, -0.2) is 0 Å². The van der Waals surface area contributed by atoms with Crippen LogP contribution in [0.4, 0.5) is 0 Å². The molecule has 5 heteroatoms. The molecule has 0 radical (unpaired) electrons. The van der Waals surface area contributed by atoms with Crippen LogP contribution in [0, 0.1) is 0 Å². The monoisotopic (exact) mass is 242 g/mol. The van der Waals surface area contributed by atoms with Crippen LogP contribution in [0.1, 0.15) is 44.3 Å². The molecular weight excluding hydrogens is 224 g/mol. The van der Waals surface area contributed by atoms with Crippen LogP contribution < -0.4 is 0 Å². The van der Waals surface area contributed by atoms with Crippen LogP contribution >= 0.6 is 11.8 Å². The van der Waals surface area contributed by atoms with Gasteiger partial charge < -0.3 is 9.63 Å². The maximum absolute atomic E-state index is 9.18. The number of nitrogens with zero attached hydrogens (tertiary/aromatic N) is 2. The molecule has 1 aliphatic carbocycles. The predicted octanol–water partition coefficient (Wildman–Crippen LogP) is 2.17. The van der Waals surface area contributed by atoms with E-state index in [1.54, 1.807) is 6.92 Å². The van der Waals surface area contributed by atoms with Gasteiger partial charge in [-0.2, -0.15) is 16.7 Å². The van der Waals surface area contributed by atoms with E-state index in [9.17, 15) is 5.11 Å². The van der Waals surface area contributed by atoms with Gasteiger partial charge in [0.25, 0.3) is 0 Å². The molecule has 0 aromatic carbocycles. The second kappa shape index (κ2) is 5.68. The summed E-state index contributed by atoms with van der Waals surface area (Å²) < 4.78 is 5.06. The third kappa shape index (κ3) is 3.49. The summed E-state index contributed by atoms with van der Waals surface area (Å²) in [6.45, 7) is 1.72. The normalized spacial score (nSPS) is 19.1. The molecule has 1 atom stereocenters. The Labute approximate surface area is 99.8 Å². The average molecular weight is 242 g/mol. The average Bonchev–Trinajstić information content (AvgIpc) is 2.84. The Hall–Kier alpha value is -0.550. The number of aliphatic hydroxyl groups is 1. The summed E-state index contributed by atoms with van der Waals surface area (Å²) in [6.07, 6.45) is 5.39. The summed E-state index contributed by atoms with van der Waals surface area (Å²) in [7, 11) is 0. The van der Waals surface area contributed by atoms with Crippen LogP contribution in [0.15, 0.2) is 4.52 Å². The molecule has 0 saturated heterocycles. The Bertz CT molecular complexity index is 322. The fraction of sp³-hybridized carbons (Fsp3) is 0.818. The highest BCUT2D eigenvalue weighted by Crippen LogP contribution is 2.30. The van der Waals surface area contributed by atoms with E-state index in [-0.39, 0.29) is 0 Å². The van der Waals surface area contributed by atoms with Gasteiger partial charge in [-0.3, -0.25) is 0 Å². The fourth-order valence-corrected chi connectivity index (χ4v) is 3.10. The number of hydrogen-bond donors (Lipinski definition) is 1. The van der Waals surface area contributed by atoms with Crippen molar-refractivity contribution in [1.82, 2.24) is 10.1 Å². The summed E-state index contributed by atoms with van der Waals surface area (Å²) in [4.78, 5) is 4.25. The van der Waals surface area contributed by atoms with E-state index >= 15 is 0 Å². The second-order valence-corrected chi connectivity index (χ2v) is 5.66. The summed E-state index contributed by atoms with van der Waals surface area (Å²) in [6, 6.07) is 0. The van der Waals surface area contributed by atoms with Crippen molar-refractivity contribution in [3.63, 3.8) is 0 Å². The predicted molar refractivity (Wildman–Crippen MR) is 63.2 cm³/mol. The molecule has 0 amide bonds. The van der Waals surface area contributed by atoms with Crippen LogP contribution in [0.25, 0.3) is 0 Å². The molecule has 16 heavy (non-hydrogen) atoms. The van der Waals surface area contributed by atoms with Gasteiger partial charge in [0.05, 0.1) is 18.3 Å². The van der Waals surface area contributed by atoms with Gasteiger partial charge in [0, 0.05) is 5.25 Å². The number of aromatic nitrogens is 2. The molecule has 1 heterocycles. The van der Waals surface area contributed by atoms with Crippen LogP contribution in [-0.4, -0.2) is 26.6 Å². The van der Waals surface area contributed by atoms with Crippen molar-refractivity contribution in [3.8, 4) is 0 Å². The first kappa shape index (κ1) is 11.9. The molecule has 0 aliphatic heterocycles. The van der Waals surface area contributed by atoms with E-state index in [0.29, 0.717) is 12.3 Å². The molecule has 1 unspecified atom stereocenters. The molecule has 1 aromatic rings. The Morgan fingerprint density at radius 1 is 1.50 bits per heavy atom. The number of rotatable bonds is 5. The van der Waals surface area contributed by atoms with E-state index in [1.165, 1.54) is 25.7 Å². The van der Waals surface area contributed by atoms with Crippen molar-refractivity contribution in [2.45, 2.75) is 56.1 Å². The van der Waals surface area contributed by atoms with Gasteiger partial charge in [-0.1, -0.05) is 18.0 Å². The lowest BCUT2D eigenvalue weighted by molar-refractivity contribution is 0.181. The third-order valence-corrected chi connectivity index (χ3v) is 4.10. The van der Waals surface area contributed by atoms with E-state index in [1.807, 2.05) is 11.8 Å². The van der Waals surface area contributed by atoms with Crippen molar-refractivity contribution in [2.24, 2.45) is 0 Å². The van der Waals surface area contributed by atoms with Crippen molar-refractivity contribution in [2.75, 3.05) is 0 Å². The zero-order valence-electron chi connectivity index (χ0n) is 9.56. The Morgan fingerprint density at radius 2 is 2.25 bits per heavy atom. The molecule has 1 saturated carbocycles. The molecule has 1 N–H and O–H groups in total. The number of aliphatic hydroxyl groups excluding tert-OH is 1. The third-order valence-electron chi connectivity index (χ3n) is 2.73. The Balaban J connectivity index is 1.78. The molecule has 0 spiro atoms. The molecule has 90 valence electrons. The van der Waals surface area contributed by atoms with Gasteiger partial charge in [0.15, 0.2) is 5.82 Å². The maximum Gasteiger partial charge on any atom is 0.229 e. The van der Waals surface area contributed by atoms with Crippen molar-refractivity contribution in [3.05, 3.63) is 11.7 Å². The smallest absolute Gasteiger partial charge is 0.229 e. The molecule has 1 fully saturated rings. The minimum absolute atomic E-state index is 0.421. The second-order valence-electron chi connectivity index (χ2n) is 4.37. The molecule has 0 bridgehead atoms. The lowest BCUT2D eigenvalue weighted by atomic mass is 10.3. The van der Waals surface area contributed by atoms with Gasteiger partial charge in [-0.15, -0.1) is 0 Å². The Kier molecular flexibility index (Phi) is 4.23. The van der Waals surface area contributed by atoms with E-state index in [2.05, 4.69) is 10.1 Å². The highest BCUT2D eigenvalue weighted by atomic mass is 32.2. The van der Waals surface area contributed by atoms with Crippen LogP contribution in [0.3, 0.4) is 0 Å². The number of thioether (sulfide) groups is 1. The van der Waals surface area contributed by atoms with Gasteiger partial charge in [0.1, 0.15) is 0 Å². The first-order valence-corrected chi connectivity index (χ1v) is 6.90. The zero-order valence-corrected chi connectivity index (χ0v) is 10.4. The van der Waals surface area contributed by atoms with E-state index in [0.717, 1.165) is 16.8 Å². The van der Waals surface area contributed by atoms with E-state index < -0.39 is 6.10 Å². The highest BCUT2D eigenvalue weighted by Gasteiger charge is 2.17. The summed E-state index contributed by atoms with van der Waals surface area (Å²) in [5.74, 6) is 2.12. The largest absolute Gasteiger partial charge is 0.393 e. The first-order valence-electron chi connectivity index (χ1n) is 5.85. The maximum atomic E-state index is 9.18. The standard InChI is InChI=1S/C11H18N2O2S/c1-8(14)6-11-12-10(13-15-11)7-16-9-4-2-3-5-9/h8-9,14H,2-7H2,1H3. The van der Waals surface area contributed by atoms with Gasteiger partial charge >= 0.3 is 0 Å². The van der Waals surface area contributed by atoms with E-state index in [4.69, 9.17) is 4.52 Å². The van der Waals surface area contributed by atoms with Crippen LogP contribution in [-0.2, 0) is 12.2 Å². The topological polar surface area (TPSA) is 59.2 Å². The fourth-order valence-electron chi connectivity index (χ4n) is 1.93. The Morgan fingerprint density at radius 3 is 2.94 bits per heavy atom. The van der Waals surface area contributed by atoms with Crippen molar-refractivity contribution < 1.29 is 9.63 Å². The van der Waals surface area contributed by atoms with Crippen molar-refractivity contribution >= 4 is 11.8 Å². The summed E-state index contributed by atoms with van der Waals surface area (Å²) in [5.41, 5.74) is 0. The lowest BCUT2D eigenvalue weighted by Gasteiger charge is -2.04. The van der Waals surface area contributed by atoms with Crippen molar-refractivity contribution in [1.29, 1.82) is 0 Å².